The molecule has 0 atom stereocenters. The molecule has 118 valence electrons. The van der Waals surface area contributed by atoms with E-state index in [9.17, 15) is 0 Å². The summed E-state index contributed by atoms with van der Waals surface area (Å²) >= 11 is 0. The number of hydrogen-bond acceptors (Lipinski definition) is 7. The van der Waals surface area contributed by atoms with Crippen LogP contribution in [0.1, 0.15) is 0 Å². The zero-order valence-electron chi connectivity index (χ0n) is 8.11. The summed E-state index contributed by atoms with van der Waals surface area (Å²) in [6.07, 6.45) is 0. The number of rotatable bonds is 0. The van der Waals surface area contributed by atoms with Crippen molar-refractivity contribution in [2.45, 2.75) is 0 Å². The summed E-state index contributed by atoms with van der Waals surface area (Å²) in [5.41, 5.74) is 0. The molecule has 0 aromatic rings. The van der Waals surface area contributed by atoms with Crippen molar-refractivity contribution in [3.63, 3.8) is 0 Å². The molecular formula is CH16N2NiO13. The van der Waals surface area contributed by atoms with E-state index in [1.54, 1.807) is 0 Å². The van der Waals surface area contributed by atoms with E-state index in [2.05, 4.69) is 0 Å². The van der Waals surface area contributed by atoms with Gasteiger partial charge in [-0.1, -0.05) is 0 Å². The Labute approximate surface area is 103 Å². The van der Waals surface area contributed by atoms with Gasteiger partial charge in [-0.05, 0) is 0 Å². The Morgan fingerprint density at radius 3 is 0.647 bits per heavy atom. The van der Waals surface area contributed by atoms with E-state index in [0.29, 0.717) is 0 Å². The zero-order valence-corrected chi connectivity index (χ0v) is 9.09. The van der Waals surface area contributed by atoms with Crippen LogP contribution in [0.25, 0.3) is 0 Å². The Hall–Kier alpha value is -1.39. The first-order chi connectivity index (χ1) is 4.46. The van der Waals surface area contributed by atoms with Gasteiger partial charge in [0.05, 0.1) is 10.2 Å². The van der Waals surface area contributed by atoms with Crippen LogP contribution in [0.2, 0.25) is 0 Å². The van der Waals surface area contributed by atoms with Crippen LogP contribution in [0.3, 0.4) is 0 Å². The van der Waals surface area contributed by atoms with Crippen LogP contribution in [0.4, 0.5) is 0 Å². The molecule has 16 heteroatoms. The molecule has 0 amide bonds. The molecule has 13 N–H and O–H groups in total. The van der Waals surface area contributed by atoms with E-state index in [0.717, 1.165) is 7.11 Å². The molecule has 0 bridgehead atoms. The van der Waals surface area contributed by atoms with Gasteiger partial charge in [-0.25, -0.2) is 0 Å². The van der Waals surface area contributed by atoms with E-state index < -0.39 is 10.2 Å². The normalized spacial score (nSPS) is 3.18. The Morgan fingerprint density at radius 2 is 0.647 bits per heavy atom. The van der Waals surface area contributed by atoms with E-state index in [1.165, 1.54) is 0 Å². The molecule has 0 rings (SSSR count). The van der Waals surface area contributed by atoms with Gasteiger partial charge in [-0.3, -0.25) is 0 Å². The summed E-state index contributed by atoms with van der Waals surface area (Å²) in [6, 6.07) is 0. The fraction of sp³-hybridized carbons (Fsp3) is 1.00. The molecule has 0 aliphatic carbocycles. The van der Waals surface area contributed by atoms with Crippen molar-refractivity contribution in [1.29, 1.82) is 0 Å². The number of hydrogen-bond donors (Lipinski definition) is 1. The number of nitrogens with zero attached hydrogens (tertiary/aromatic N) is 2. The second-order valence-electron chi connectivity index (χ2n) is 0.447. The van der Waals surface area contributed by atoms with E-state index in [4.69, 9.17) is 35.7 Å². The Balaban J connectivity index is -0.00000000462. The van der Waals surface area contributed by atoms with Gasteiger partial charge in [0.25, 0.3) is 0 Å². The summed E-state index contributed by atoms with van der Waals surface area (Å²) in [7, 11) is 1.00. The van der Waals surface area contributed by atoms with Crippen LogP contribution in [-0.2, 0) is 16.5 Å². The molecular weight excluding hydrogens is 307 g/mol. The molecule has 17 heavy (non-hydrogen) atoms. The summed E-state index contributed by atoms with van der Waals surface area (Å²) in [5.74, 6) is 0. The van der Waals surface area contributed by atoms with Crippen molar-refractivity contribution in [2.75, 3.05) is 7.11 Å². The van der Waals surface area contributed by atoms with Crippen LogP contribution < -0.4 is 0 Å². The van der Waals surface area contributed by atoms with Crippen molar-refractivity contribution in [2.24, 2.45) is 0 Å². The molecule has 0 spiro atoms. The SMILES string of the molecule is CO.O.O.O.O.O.O.O=[N+]([O-])[O-].O=[N+]([O-])[O-].[Ni+2]. The van der Waals surface area contributed by atoms with Crippen molar-refractivity contribution in [3.8, 4) is 0 Å². The predicted octanol–water partition coefficient (Wildman–Crippen LogP) is -5.82. The smallest absolute Gasteiger partial charge is 0.412 e. The molecule has 0 aliphatic rings. The Bertz CT molecular complexity index is 77.4. The van der Waals surface area contributed by atoms with Crippen molar-refractivity contribution < 1.29 is 64.6 Å². The largest absolute Gasteiger partial charge is 2.00 e. The van der Waals surface area contributed by atoms with Crippen LogP contribution in [0.5, 0.6) is 0 Å². The first-order valence-electron chi connectivity index (χ1n) is 1.54. The average Bonchev–Trinajstić information content (AvgIpc) is 1.66. The molecule has 0 heterocycles. The maximum Gasteiger partial charge on any atom is 2.00 e. The monoisotopic (exact) mass is 322 g/mol. The summed E-state index contributed by atoms with van der Waals surface area (Å²) in [6.45, 7) is 0. The molecule has 0 saturated heterocycles. The molecule has 0 aliphatic heterocycles. The summed E-state index contributed by atoms with van der Waals surface area (Å²) in [4.78, 5) is 16.5. The van der Waals surface area contributed by atoms with E-state index in [1.807, 2.05) is 0 Å². The maximum absolute atomic E-state index is 8.25. The van der Waals surface area contributed by atoms with E-state index >= 15 is 0 Å². The number of aliphatic hydroxyl groups excluding tert-OH is 1. The van der Waals surface area contributed by atoms with E-state index in [-0.39, 0.29) is 49.3 Å². The predicted molar refractivity (Wildman–Crippen MR) is 50.5 cm³/mol. The van der Waals surface area contributed by atoms with Crippen molar-refractivity contribution in [3.05, 3.63) is 30.6 Å². The van der Waals surface area contributed by atoms with Crippen molar-refractivity contribution >= 4 is 0 Å². The maximum atomic E-state index is 8.25. The fourth-order valence-electron chi connectivity index (χ4n) is 0. The zero-order chi connectivity index (χ0) is 9.15. The topological polar surface area (TPSA) is 342 Å². The van der Waals surface area contributed by atoms with Gasteiger partial charge in [0.15, 0.2) is 0 Å². The third-order valence-electron chi connectivity index (χ3n) is 0. The first-order valence-corrected chi connectivity index (χ1v) is 1.54. The van der Waals surface area contributed by atoms with Gasteiger partial charge < -0.3 is 68.6 Å². The third-order valence-corrected chi connectivity index (χ3v) is 0. The van der Waals surface area contributed by atoms with Gasteiger partial charge in [0.1, 0.15) is 0 Å². The van der Waals surface area contributed by atoms with Crippen LogP contribution in [0.15, 0.2) is 0 Å². The van der Waals surface area contributed by atoms with Crippen LogP contribution in [0, 0.1) is 30.6 Å². The first kappa shape index (κ1) is 106. The summed E-state index contributed by atoms with van der Waals surface area (Å²) in [5, 5.41) is 36.5. The van der Waals surface area contributed by atoms with Gasteiger partial charge in [-0.2, -0.15) is 0 Å². The average molecular weight is 323 g/mol. The second-order valence-corrected chi connectivity index (χ2v) is 0.447. The summed E-state index contributed by atoms with van der Waals surface area (Å²) < 4.78 is 0. The van der Waals surface area contributed by atoms with Crippen LogP contribution >= 0.6 is 0 Å². The van der Waals surface area contributed by atoms with Gasteiger partial charge >= 0.3 is 16.5 Å². The minimum absolute atomic E-state index is 0. The third kappa shape index (κ3) is 1210. The Morgan fingerprint density at radius 1 is 0.647 bits per heavy atom. The molecule has 0 aromatic carbocycles. The van der Waals surface area contributed by atoms with Gasteiger partial charge in [-0.15, -0.1) is 0 Å². The molecule has 0 radical (unpaired) electrons. The van der Waals surface area contributed by atoms with Gasteiger partial charge in [0.2, 0.25) is 0 Å². The Kier molecular flexibility index (Phi) is 792. The molecule has 0 fully saturated rings. The molecule has 0 saturated carbocycles. The second kappa shape index (κ2) is 127. The van der Waals surface area contributed by atoms with Gasteiger partial charge in [0, 0.05) is 7.11 Å². The molecule has 15 nitrogen and oxygen atoms in total. The quantitative estimate of drug-likeness (QED) is 0.255. The molecule has 0 unspecified atom stereocenters. The molecule has 0 aromatic heterocycles. The number of aliphatic hydroxyl groups is 1. The van der Waals surface area contributed by atoms with Crippen molar-refractivity contribution in [1.82, 2.24) is 0 Å². The minimum Gasteiger partial charge on any atom is -0.412 e. The fourth-order valence-corrected chi connectivity index (χ4v) is 0. The minimum atomic E-state index is -1.75. The standard InChI is InChI=1S/CH4O.2NO3.Ni.6H2O/c1-2;2*2-1(3)4;;;;;;;/h2H,1H3;;;;6*1H2/q;2*-1;+2;;;;;;. The van der Waals surface area contributed by atoms with Crippen LogP contribution in [-0.4, -0.2) is 55.2 Å².